The number of amides is 1. The summed E-state index contributed by atoms with van der Waals surface area (Å²) in [4.78, 5) is 20.9. The molecule has 1 aliphatic rings. The number of fused-ring (bicyclic) bond motifs is 1. The van der Waals surface area contributed by atoms with Gasteiger partial charge in [-0.25, -0.2) is 9.97 Å². The fourth-order valence-corrected chi connectivity index (χ4v) is 3.18. The molecule has 0 bridgehead atoms. The van der Waals surface area contributed by atoms with Crippen LogP contribution < -0.4 is 5.32 Å². The van der Waals surface area contributed by atoms with Gasteiger partial charge < -0.3 is 5.32 Å². The number of carbonyl (C=O) groups is 1. The van der Waals surface area contributed by atoms with E-state index in [-0.39, 0.29) is 5.91 Å². The van der Waals surface area contributed by atoms with Gasteiger partial charge in [-0.3, -0.25) is 9.36 Å². The third-order valence-electron chi connectivity index (χ3n) is 4.56. The van der Waals surface area contributed by atoms with E-state index in [9.17, 15) is 4.79 Å². The summed E-state index contributed by atoms with van der Waals surface area (Å²) in [6, 6.07) is 11.9. The number of imidazole rings is 1. The minimum absolute atomic E-state index is 0.0984. The van der Waals surface area contributed by atoms with Crippen molar-refractivity contribution in [2.24, 2.45) is 5.92 Å². The average Bonchev–Trinajstić information content (AvgIpc) is 3.30. The van der Waals surface area contributed by atoms with Gasteiger partial charge in [0, 0.05) is 19.2 Å². The summed E-state index contributed by atoms with van der Waals surface area (Å²) in [5.41, 5.74) is 2.96. The van der Waals surface area contributed by atoms with Crippen LogP contribution in [-0.2, 0) is 11.3 Å². The molecule has 0 aliphatic heterocycles. The van der Waals surface area contributed by atoms with Crippen LogP contribution in [0.2, 0.25) is 0 Å². The van der Waals surface area contributed by atoms with Crippen molar-refractivity contribution in [1.82, 2.24) is 19.9 Å². The average molecular weight is 332 g/mol. The maximum atomic E-state index is 12.0. The zero-order valence-electron chi connectivity index (χ0n) is 13.9. The van der Waals surface area contributed by atoms with Crippen LogP contribution >= 0.6 is 0 Å². The lowest BCUT2D eigenvalue weighted by Crippen LogP contribution is -2.24. The fourth-order valence-electron chi connectivity index (χ4n) is 3.18. The number of hydrogen-bond acceptors (Lipinski definition) is 3. The zero-order valence-corrected chi connectivity index (χ0v) is 13.9. The highest BCUT2D eigenvalue weighted by Gasteiger charge is 2.13. The van der Waals surface area contributed by atoms with E-state index in [2.05, 4.69) is 27.4 Å². The van der Waals surface area contributed by atoms with Crippen LogP contribution in [0.5, 0.6) is 0 Å². The van der Waals surface area contributed by atoms with Crippen LogP contribution in [0.4, 0.5) is 0 Å². The standard InChI is InChI=1S/C20H20N4O/c25-20(11-15-5-1-2-6-15)22-13-16-9-10-19(21-12-16)24-14-23-17-7-3-4-8-18(17)24/h1,3-5,7-10,12,14-15H,2,6,11,13H2,(H,22,25)/t15-/m1/s1. The summed E-state index contributed by atoms with van der Waals surface area (Å²) >= 11 is 0. The normalized spacial score (nSPS) is 16.4. The molecule has 2 heterocycles. The Balaban J connectivity index is 1.40. The number of rotatable bonds is 5. The lowest BCUT2D eigenvalue weighted by Gasteiger charge is -2.09. The topological polar surface area (TPSA) is 59.8 Å². The number of aromatic nitrogens is 3. The number of allylic oxidation sites excluding steroid dienone is 2. The van der Waals surface area contributed by atoms with Gasteiger partial charge in [0.05, 0.1) is 11.0 Å². The summed E-state index contributed by atoms with van der Waals surface area (Å²) in [6.45, 7) is 0.507. The molecule has 1 aromatic carbocycles. The van der Waals surface area contributed by atoms with E-state index in [4.69, 9.17) is 0 Å². The highest BCUT2D eigenvalue weighted by Crippen LogP contribution is 2.20. The molecule has 1 amide bonds. The third kappa shape index (κ3) is 3.45. The van der Waals surface area contributed by atoms with Gasteiger partial charge in [0.15, 0.2) is 0 Å². The van der Waals surface area contributed by atoms with Crippen molar-refractivity contribution in [2.45, 2.75) is 25.8 Å². The molecule has 0 unspecified atom stereocenters. The van der Waals surface area contributed by atoms with Gasteiger partial charge in [0.2, 0.25) is 5.91 Å². The summed E-state index contributed by atoms with van der Waals surface area (Å²) in [5.74, 6) is 1.32. The molecule has 0 radical (unpaired) electrons. The second-order valence-corrected chi connectivity index (χ2v) is 6.37. The minimum Gasteiger partial charge on any atom is -0.352 e. The maximum Gasteiger partial charge on any atom is 0.220 e. The molecule has 126 valence electrons. The quantitative estimate of drug-likeness (QED) is 0.729. The number of hydrogen-bond donors (Lipinski definition) is 1. The first kappa shape index (κ1) is 15.6. The Bertz CT molecular complexity index is 911. The predicted molar refractivity (Wildman–Crippen MR) is 97.2 cm³/mol. The van der Waals surface area contributed by atoms with E-state index in [1.165, 1.54) is 0 Å². The van der Waals surface area contributed by atoms with Crippen LogP contribution in [0, 0.1) is 5.92 Å². The third-order valence-corrected chi connectivity index (χ3v) is 4.56. The summed E-state index contributed by atoms with van der Waals surface area (Å²) in [5, 5.41) is 2.98. The van der Waals surface area contributed by atoms with Crippen molar-refractivity contribution in [3.8, 4) is 5.82 Å². The highest BCUT2D eigenvalue weighted by atomic mass is 16.1. The van der Waals surface area contributed by atoms with Crippen molar-refractivity contribution < 1.29 is 4.79 Å². The number of pyridine rings is 1. The molecule has 5 heteroatoms. The van der Waals surface area contributed by atoms with E-state index in [0.29, 0.717) is 18.9 Å². The van der Waals surface area contributed by atoms with Gasteiger partial charge >= 0.3 is 0 Å². The Morgan fingerprint density at radius 2 is 2.12 bits per heavy atom. The fraction of sp³-hybridized carbons (Fsp3) is 0.250. The number of benzene rings is 1. The number of nitrogens with one attached hydrogen (secondary N) is 1. The molecular formula is C20H20N4O. The van der Waals surface area contributed by atoms with Crippen molar-refractivity contribution in [3.63, 3.8) is 0 Å². The lowest BCUT2D eigenvalue weighted by atomic mass is 10.1. The smallest absolute Gasteiger partial charge is 0.220 e. The van der Waals surface area contributed by atoms with Crippen molar-refractivity contribution >= 4 is 16.9 Å². The van der Waals surface area contributed by atoms with Gasteiger partial charge in [-0.05, 0) is 42.5 Å². The number of carbonyl (C=O) groups excluding carboxylic acids is 1. The summed E-state index contributed by atoms with van der Waals surface area (Å²) in [6.07, 6.45) is 10.6. The van der Waals surface area contributed by atoms with Gasteiger partial charge in [-0.1, -0.05) is 30.4 Å². The van der Waals surface area contributed by atoms with E-state index in [0.717, 1.165) is 35.3 Å². The first-order valence-electron chi connectivity index (χ1n) is 8.60. The Kier molecular flexibility index (Phi) is 4.29. The monoisotopic (exact) mass is 332 g/mol. The van der Waals surface area contributed by atoms with E-state index >= 15 is 0 Å². The Hall–Kier alpha value is -2.95. The van der Waals surface area contributed by atoms with E-state index in [1.807, 2.05) is 41.0 Å². The summed E-state index contributed by atoms with van der Waals surface area (Å²) in [7, 11) is 0. The Morgan fingerprint density at radius 3 is 2.92 bits per heavy atom. The Labute approximate surface area is 146 Å². The molecule has 0 spiro atoms. The molecule has 3 aromatic rings. The lowest BCUT2D eigenvalue weighted by molar-refractivity contribution is -0.121. The molecule has 25 heavy (non-hydrogen) atoms. The summed E-state index contributed by atoms with van der Waals surface area (Å²) < 4.78 is 1.96. The van der Waals surface area contributed by atoms with E-state index < -0.39 is 0 Å². The molecule has 0 saturated carbocycles. The van der Waals surface area contributed by atoms with Crippen LogP contribution in [0.15, 0.2) is 61.1 Å². The highest BCUT2D eigenvalue weighted by molar-refractivity contribution is 5.77. The van der Waals surface area contributed by atoms with Gasteiger partial charge in [-0.2, -0.15) is 0 Å². The molecule has 0 saturated heterocycles. The minimum atomic E-state index is 0.0984. The second-order valence-electron chi connectivity index (χ2n) is 6.37. The molecule has 1 atom stereocenters. The molecule has 4 rings (SSSR count). The molecular weight excluding hydrogens is 312 g/mol. The Morgan fingerprint density at radius 1 is 1.20 bits per heavy atom. The molecule has 1 aliphatic carbocycles. The molecule has 0 fully saturated rings. The molecule has 2 aromatic heterocycles. The van der Waals surface area contributed by atoms with Crippen molar-refractivity contribution in [2.75, 3.05) is 0 Å². The largest absolute Gasteiger partial charge is 0.352 e. The molecule has 5 nitrogen and oxygen atoms in total. The molecule has 1 N–H and O–H groups in total. The van der Waals surface area contributed by atoms with Crippen LogP contribution in [-0.4, -0.2) is 20.4 Å². The van der Waals surface area contributed by atoms with Gasteiger partial charge in [0.25, 0.3) is 0 Å². The second kappa shape index (κ2) is 6.89. The first-order valence-corrected chi connectivity index (χ1v) is 8.60. The number of para-hydroxylation sites is 2. The predicted octanol–water partition coefficient (Wildman–Crippen LogP) is 3.39. The maximum absolute atomic E-state index is 12.0. The first-order chi connectivity index (χ1) is 12.3. The van der Waals surface area contributed by atoms with Crippen LogP contribution in [0.3, 0.4) is 0 Å². The number of nitrogens with zero attached hydrogens (tertiary/aromatic N) is 3. The van der Waals surface area contributed by atoms with Gasteiger partial charge in [0.1, 0.15) is 12.1 Å². The van der Waals surface area contributed by atoms with E-state index in [1.54, 1.807) is 12.5 Å². The SMILES string of the molecule is O=C(C[C@@H]1C=CCC1)NCc1ccc(-n2cnc3ccccc32)nc1. The van der Waals surface area contributed by atoms with Crippen LogP contribution in [0.25, 0.3) is 16.9 Å². The van der Waals surface area contributed by atoms with Crippen LogP contribution in [0.1, 0.15) is 24.8 Å². The van der Waals surface area contributed by atoms with Crippen molar-refractivity contribution in [3.05, 3.63) is 66.6 Å². The van der Waals surface area contributed by atoms with Crippen molar-refractivity contribution in [1.29, 1.82) is 0 Å². The van der Waals surface area contributed by atoms with Gasteiger partial charge in [-0.15, -0.1) is 0 Å². The zero-order chi connectivity index (χ0) is 17.1.